The molecule has 0 spiro atoms. The smallest absolute Gasteiger partial charge is 0.416 e. The summed E-state index contributed by atoms with van der Waals surface area (Å²) < 4.78 is 49.7. The number of alkyl halides is 3. The molecule has 0 saturated carbocycles. The molecule has 32 heavy (non-hydrogen) atoms. The molecule has 0 amide bonds. The second-order valence-electron chi connectivity index (χ2n) is 6.70. The number of hydrogen-bond acceptors (Lipinski definition) is 5. The first-order chi connectivity index (χ1) is 15.3. The Morgan fingerprint density at radius 3 is 2.56 bits per heavy atom. The zero-order valence-electron chi connectivity index (χ0n) is 16.7. The molecule has 0 aliphatic heterocycles. The van der Waals surface area contributed by atoms with Crippen LogP contribution >= 0.6 is 11.6 Å². The number of imidazole rings is 1. The minimum absolute atomic E-state index is 0.121. The number of methoxy groups -OCH3 is 1. The molecule has 3 aromatic heterocycles. The van der Waals surface area contributed by atoms with E-state index in [2.05, 4.69) is 19.9 Å². The minimum Gasteiger partial charge on any atom is -0.496 e. The van der Waals surface area contributed by atoms with E-state index in [1.54, 1.807) is 42.7 Å². The van der Waals surface area contributed by atoms with Crippen LogP contribution in [0.4, 0.5) is 13.2 Å². The lowest BCUT2D eigenvalue weighted by Crippen LogP contribution is -2.07. The fourth-order valence-electron chi connectivity index (χ4n) is 3.00. The van der Waals surface area contributed by atoms with Gasteiger partial charge in [0.05, 0.1) is 30.3 Å². The summed E-state index contributed by atoms with van der Waals surface area (Å²) in [7, 11) is 1.51. The van der Waals surface area contributed by atoms with Gasteiger partial charge in [-0.05, 0) is 36.4 Å². The van der Waals surface area contributed by atoms with Crippen molar-refractivity contribution in [2.24, 2.45) is 0 Å². The first kappa shape index (κ1) is 21.6. The predicted octanol–water partition coefficient (Wildman–Crippen LogP) is 5.79. The van der Waals surface area contributed by atoms with Crippen molar-refractivity contribution in [1.82, 2.24) is 19.9 Å². The third kappa shape index (κ3) is 4.83. The standard InChI is InChI=1S/C22H16ClF3N4O2/c1-31-19-9-16(32-12-15-8-14(6-7-27-15)22(24,25)26)3-4-17(19)18-11-29-21(30-18)13-2-5-20(23)28-10-13/h2-11H,12H2,1H3,(H,29,30). The highest BCUT2D eigenvalue weighted by atomic mass is 35.5. The van der Waals surface area contributed by atoms with Crippen LogP contribution in [0.15, 0.2) is 61.1 Å². The average Bonchev–Trinajstić information content (AvgIpc) is 3.27. The van der Waals surface area contributed by atoms with Gasteiger partial charge in [0, 0.05) is 29.6 Å². The molecule has 0 aliphatic rings. The highest BCUT2D eigenvalue weighted by Gasteiger charge is 2.30. The van der Waals surface area contributed by atoms with E-state index < -0.39 is 11.7 Å². The van der Waals surface area contributed by atoms with E-state index in [-0.39, 0.29) is 12.3 Å². The van der Waals surface area contributed by atoms with Crippen LogP contribution < -0.4 is 9.47 Å². The van der Waals surface area contributed by atoms with Gasteiger partial charge in [-0.15, -0.1) is 0 Å². The topological polar surface area (TPSA) is 72.9 Å². The van der Waals surface area contributed by atoms with Crippen molar-refractivity contribution in [1.29, 1.82) is 0 Å². The molecule has 0 saturated heterocycles. The molecule has 4 rings (SSSR count). The molecule has 0 unspecified atom stereocenters. The van der Waals surface area contributed by atoms with Crippen molar-refractivity contribution < 1.29 is 22.6 Å². The summed E-state index contributed by atoms with van der Waals surface area (Å²) in [6, 6.07) is 10.5. The van der Waals surface area contributed by atoms with Crippen LogP contribution in [0.1, 0.15) is 11.3 Å². The fraction of sp³-hybridized carbons (Fsp3) is 0.136. The van der Waals surface area contributed by atoms with Gasteiger partial charge in [-0.3, -0.25) is 4.98 Å². The number of halogens is 4. The number of aromatic nitrogens is 4. The molecule has 6 nitrogen and oxygen atoms in total. The van der Waals surface area contributed by atoms with Gasteiger partial charge in [-0.2, -0.15) is 13.2 Å². The van der Waals surface area contributed by atoms with Gasteiger partial charge in [0.25, 0.3) is 0 Å². The lowest BCUT2D eigenvalue weighted by atomic mass is 10.1. The first-order valence-electron chi connectivity index (χ1n) is 9.34. The van der Waals surface area contributed by atoms with Gasteiger partial charge < -0.3 is 14.5 Å². The molecule has 0 radical (unpaired) electrons. The van der Waals surface area contributed by atoms with Crippen LogP contribution in [-0.2, 0) is 12.8 Å². The van der Waals surface area contributed by atoms with E-state index in [9.17, 15) is 13.2 Å². The van der Waals surface area contributed by atoms with Crippen molar-refractivity contribution in [2.75, 3.05) is 7.11 Å². The highest BCUT2D eigenvalue weighted by Crippen LogP contribution is 2.34. The van der Waals surface area contributed by atoms with E-state index in [0.717, 1.165) is 29.5 Å². The van der Waals surface area contributed by atoms with Gasteiger partial charge in [0.15, 0.2) is 0 Å². The second kappa shape index (κ2) is 8.88. The summed E-state index contributed by atoms with van der Waals surface area (Å²) >= 11 is 5.82. The normalized spacial score (nSPS) is 11.4. The van der Waals surface area contributed by atoms with Crippen molar-refractivity contribution >= 4 is 11.6 Å². The Labute approximate surface area is 186 Å². The zero-order chi connectivity index (χ0) is 22.7. The first-order valence-corrected chi connectivity index (χ1v) is 9.71. The Morgan fingerprint density at radius 2 is 1.84 bits per heavy atom. The van der Waals surface area contributed by atoms with Crippen LogP contribution in [0.5, 0.6) is 11.5 Å². The minimum atomic E-state index is -4.44. The number of nitrogens with one attached hydrogen (secondary N) is 1. The van der Waals surface area contributed by atoms with Crippen LogP contribution in [0.2, 0.25) is 5.15 Å². The Hall–Kier alpha value is -3.59. The molecular formula is C22H16ClF3N4O2. The summed E-state index contributed by atoms with van der Waals surface area (Å²) in [6.07, 6.45) is -0.0550. The number of rotatable bonds is 6. The molecule has 10 heteroatoms. The molecule has 0 atom stereocenters. The largest absolute Gasteiger partial charge is 0.496 e. The maximum absolute atomic E-state index is 12.9. The Morgan fingerprint density at radius 1 is 1.00 bits per heavy atom. The SMILES string of the molecule is COc1cc(OCc2cc(C(F)(F)F)ccn2)ccc1-c1cnc(-c2ccc(Cl)nc2)[nH]1. The molecular weight excluding hydrogens is 445 g/mol. The summed E-state index contributed by atoms with van der Waals surface area (Å²) in [5, 5.41) is 0.387. The average molecular weight is 461 g/mol. The van der Waals surface area contributed by atoms with Gasteiger partial charge in [0.2, 0.25) is 0 Å². The van der Waals surface area contributed by atoms with E-state index in [0.29, 0.717) is 28.2 Å². The number of aromatic amines is 1. The van der Waals surface area contributed by atoms with Gasteiger partial charge in [-0.25, -0.2) is 9.97 Å². The molecule has 4 aromatic rings. The molecule has 0 bridgehead atoms. The quantitative estimate of drug-likeness (QED) is 0.368. The number of H-pyrrole nitrogens is 1. The maximum atomic E-state index is 12.9. The Balaban J connectivity index is 1.52. The van der Waals surface area contributed by atoms with Crippen molar-refractivity contribution in [2.45, 2.75) is 12.8 Å². The van der Waals surface area contributed by atoms with Crippen LogP contribution in [0, 0.1) is 0 Å². The summed E-state index contributed by atoms with van der Waals surface area (Å²) in [5.41, 5.74) is 1.60. The Kier molecular flexibility index (Phi) is 6.00. The third-order valence-electron chi connectivity index (χ3n) is 4.57. The number of hydrogen-bond donors (Lipinski definition) is 1. The van der Waals surface area contributed by atoms with Crippen LogP contribution in [-0.4, -0.2) is 27.0 Å². The van der Waals surface area contributed by atoms with Gasteiger partial charge in [0.1, 0.15) is 29.1 Å². The van der Waals surface area contributed by atoms with E-state index >= 15 is 0 Å². The molecule has 0 aliphatic carbocycles. The van der Waals surface area contributed by atoms with E-state index in [1.807, 2.05) is 0 Å². The third-order valence-corrected chi connectivity index (χ3v) is 4.79. The predicted molar refractivity (Wildman–Crippen MR) is 112 cm³/mol. The highest BCUT2D eigenvalue weighted by molar-refractivity contribution is 6.29. The molecule has 0 fully saturated rings. The van der Waals surface area contributed by atoms with Gasteiger partial charge >= 0.3 is 6.18 Å². The summed E-state index contributed by atoms with van der Waals surface area (Å²) in [4.78, 5) is 15.5. The maximum Gasteiger partial charge on any atom is 0.416 e. The lowest BCUT2D eigenvalue weighted by Gasteiger charge is -2.12. The fourth-order valence-corrected chi connectivity index (χ4v) is 3.11. The van der Waals surface area contributed by atoms with Crippen LogP contribution in [0.25, 0.3) is 22.6 Å². The summed E-state index contributed by atoms with van der Waals surface area (Å²) in [6.45, 7) is -0.121. The lowest BCUT2D eigenvalue weighted by molar-refractivity contribution is -0.137. The van der Waals surface area contributed by atoms with Crippen molar-refractivity contribution in [3.05, 3.63) is 77.5 Å². The second-order valence-corrected chi connectivity index (χ2v) is 7.09. The number of benzene rings is 1. The number of pyridine rings is 2. The van der Waals surface area contributed by atoms with Gasteiger partial charge in [-0.1, -0.05) is 11.6 Å². The monoisotopic (exact) mass is 460 g/mol. The zero-order valence-corrected chi connectivity index (χ0v) is 17.4. The molecule has 1 N–H and O–H groups in total. The van der Waals surface area contributed by atoms with E-state index in [1.165, 1.54) is 7.11 Å². The molecule has 164 valence electrons. The van der Waals surface area contributed by atoms with Crippen molar-refractivity contribution in [3.8, 4) is 34.1 Å². The molecule has 3 heterocycles. The molecule has 1 aromatic carbocycles. The van der Waals surface area contributed by atoms with Crippen molar-refractivity contribution in [3.63, 3.8) is 0 Å². The number of nitrogens with zero attached hydrogens (tertiary/aromatic N) is 3. The van der Waals surface area contributed by atoms with E-state index in [4.69, 9.17) is 21.1 Å². The Bertz CT molecular complexity index is 1230. The summed E-state index contributed by atoms with van der Waals surface area (Å²) in [5.74, 6) is 1.54. The number of ether oxygens (including phenoxy) is 2. The van der Waals surface area contributed by atoms with Crippen LogP contribution in [0.3, 0.4) is 0 Å².